The van der Waals surface area contributed by atoms with Crippen LogP contribution in [0.1, 0.15) is 5.56 Å². The third-order valence-electron chi connectivity index (χ3n) is 2.81. The number of rotatable bonds is 6. The quantitative estimate of drug-likeness (QED) is 0.628. The minimum Gasteiger partial charge on any atom is -0.507 e. The van der Waals surface area contributed by atoms with E-state index in [1.54, 1.807) is 30.3 Å². The molecule has 0 aromatic heterocycles. The minimum atomic E-state index is -0.450. The maximum Gasteiger partial charge on any atom is 0.277 e. The number of halogens is 1. The molecule has 0 aliphatic carbocycles. The van der Waals surface area contributed by atoms with Gasteiger partial charge in [-0.05, 0) is 30.3 Å². The first-order chi connectivity index (χ1) is 11.1. The topological polar surface area (TPSA) is 80.2 Å². The van der Waals surface area contributed by atoms with E-state index in [9.17, 15) is 9.90 Å². The lowest BCUT2D eigenvalue weighted by molar-refractivity contribution is -0.123. The van der Waals surface area contributed by atoms with Gasteiger partial charge in [0.2, 0.25) is 0 Å². The largest absolute Gasteiger partial charge is 0.507 e. The molecule has 0 saturated heterocycles. The third kappa shape index (κ3) is 4.89. The summed E-state index contributed by atoms with van der Waals surface area (Å²) >= 11 is 5.81. The fraction of sp³-hybridized carbons (Fsp3) is 0.125. The summed E-state index contributed by atoms with van der Waals surface area (Å²) < 4.78 is 10.5. The van der Waals surface area contributed by atoms with Crippen molar-refractivity contribution in [3.05, 3.63) is 53.1 Å². The van der Waals surface area contributed by atoms with Crippen molar-refractivity contribution in [3.8, 4) is 17.2 Å². The molecule has 2 aromatic carbocycles. The van der Waals surface area contributed by atoms with Crippen molar-refractivity contribution in [1.29, 1.82) is 0 Å². The predicted molar refractivity (Wildman–Crippen MR) is 87.3 cm³/mol. The average molecular weight is 335 g/mol. The van der Waals surface area contributed by atoms with E-state index in [4.69, 9.17) is 21.1 Å². The summed E-state index contributed by atoms with van der Waals surface area (Å²) in [6, 6.07) is 11.5. The molecule has 0 heterocycles. The highest BCUT2D eigenvalue weighted by Gasteiger charge is 2.06. The van der Waals surface area contributed by atoms with E-state index in [2.05, 4.69) is 10.5 Å². The van der Waals surface area contributed by atoms with Gasteiger partial charge in [-0.25, -0.2) is 5.43 Å². The van der Waals surface area contributed by atoms with Crippen LogP contribution in [-0.2, 0) is 4.79 Å². The van der Waals surface area contributed by atoms with Crippen LogP contribution in [0.5, 0.6) is 17.2 Å². The molecule has 0 bridgehead atoms. The van der Waals surface area contributed by atoms with Crippen LogP contribution in [-0.4, -0.2) is 30.9 Å². The standard InChI is InChI=1S/C16H15ClN2O4/c1-22-14-4-2-3-5-15(14)23-10-16(21)19-18-9-11-8-12(17)6-7-13(11)20/h2-9,20H,10H2,1H3,(H,19,21)/b18-9+. The molecule has 1 amide bonds. The van der Waals surface area contributed by atoms with Crippen LogP contribution in [0.25, 0.3) is 0 Å². The van der Waals surface area contributed by atoms with Gasteiger partial charge in [0.25, 0.3) is 5.91 Å². The lowest BCUT2D eigenvalue weighted by atomic mass is 10.2. The van der Waals surface area contributed by atoms with Gasteiger partial charge in [0.1, 0.15) is 5.75 Å². The van der Waals surface area contributed by atoms with Crippen molar-refractivity contribution in [3.63, 3.8) is 0 Å². The Bertz CT molecular complexity index is 719. The molecular formula is C16H15ClN2O4. The van der Waals surface area contributed by atoms with Crippen molar-refractivity contribution in [2.24, 2.45) is 5.10 Å². The first-order valence-corrected chi connectivity index (χ1v) is 7.04. The number of phenolic OH excluding ortho intramolecular Hbond substituents is 1. The second-order valence-electron chi connectivity index (χ2n) is 4.44. The molecular weight excluding hydrogens is 320 g/mol. The van der Waals surface area contributed by atoms with Gasteiger partial charge in [0.05, 0.1) is 13.3 Å². The number of para-hydroxylation sites is 2. The van der Waals surface area contributed by atoms with E-state index >= 15 is 0 Å². The maximum atomic E-state index is 11.7. The lowest BCUT2D eigenvalue weighted by Gasteiger charge is -2.09. The Morgan fingerprint density at radius 2 is 2.04 bits per heavy atom. The molecule has 0 radical (unpaired) electrons. The van der Waals surface area contributed by atoms with Crippen LogP contribution in [0.15, 0.2) is 47.6 Å². The molecule has 2 rings (SSSR count). The van der Waals surface area contributed by atoms with Crippen molar-refractivity contribution in [1.82, 2.24) is 5.43 Å². The molecule has 0 saturated carbocycles. The Balaban J connectivity index is 1.88. The molecule has 0 atom stereocenters. The second-order valence-corrected chi connectivity index (χ2v) is 4.87. The Kier molecular flexibility index (Phi) is 5.82. The van der Waals surface area contributed by atoms with Gasteiger partial charge in [-0.3, -0.25) is 4.79 Å². The SMILES string of the molecule is COc1ccccc1OCC(=O)N/N=C/c1cc(Cl)ccc1O. The minimum absolute atomic E-state index is 0.0117. The summed E-state index contributed by atoms with van der Waals surface area (Å²) in [5.74, 6) is 0.556. The molecule has 0 unspecified atom stereocenters. The molecule has 6 nitrogen and oxygen atoms in total. The number of carbonyl (C=O) groups excluding carboxylic acids is 1. The van der Waals surface area contributed by atoms with E-state index in [1.165, 1.54) is 25.5 Å². The average Bonchev–Trinajstić information content (AvgIpc) is 2.56. The van der Waals surface area contributed by atoms with Gasteiger partial charge in [-0.2, -0.15) is 5.10 Å². The lowest BCUT2D eigenvalue weighted by Crippen LogP contribution is -2.24. The summed E-state index contributed by atoms with van der Waals surface area (Å²) in [7, 11) is 1.52. The third-order valence-corrected chi connectivity index (χ3v) is 3.05. The zero-order valence-corrected chi connectivity index (χ0v) is 13.1. The molecule has 0 spiro atoms. The van der Waals surface area contributed by atoms with Crippen molar-refractivity contribution < 1.29 is 19.4 Å². The van der Waals surface area contributed by atoms with E-state index in [-0.39, 0.29) is 12.4 Å². The van der Waals surface area contributed by atoms with E-state index in [0.717, 1.165) is 0 Å². The molecule has 2 aromatic rings. The summed E-state index contributed by atoms with van der Waals surface area (Å²) in [5, 5.41) is 13.8. The second kappa shape index (κ2) is 8.05. The number of amides is 1. The molecule has 0 fully saturated rings. The number of phenols is 1. The zero-order chi connectivity index (χ0) is 16.7. The highest BCUT2D eigenvalue weighted by molar-refractivity contribution is 6.30. The van der Waals surface area contributed by atoms with Crippen molar-refractivity contribution in [2.75, 3.05) is 13.7 Å². The highest BCUT2D eigenvalue weighted by atomic mass is 35.5. The smallest absolute Gasteiger partial charge is 0.277 e. The highest BCUT2D eigenvalue weighted by Crippen LogP contribution is 2.25. The molecule has 2 N–H and O–H groups in total. The van der Waals surface area contributed by atoms with Gasteiger partial charge in [-0.1, -0.05) is 23.7 Å². The number of methoxy groups -OCH3 is 1. The van der Waals surface area contributed by atoms with Crippen LogP contribution in [0.2, 0.25) is 5.02 Å². The Morgan fingerprint density at radius 3 is 2.78 bits per heavy atom. The monoisotopic (exact) mass is 334 g/mol. The Labute approximate surface area is 138 Å². The van der Waals surface area contributed by atoms with Gasteiger partial charge in [0.15, 0.2) is 18.1 Å². The zero-order valence-electron chi connectivity index (χ0n) is 12.3. The molecule has 7 heteroatoms. The Hall–Kier alpha value is -2.73. The fourth-order valence-corrected chi connectivity index (χ4v) is 1.90. The number of nitrogens with one attached hydrogen (secondary N) is 1. The van der Waals surface area contributed by atoms with E-state index < -0.39 is 5.91 Å². The van der Waals surface area contributed by atoms with E-state index in [1.807, 2.05) is 0 Å². The number of aromatic hydroxyl groups is 1. The van der Waals surface area contributed by atoms with Crippen molar-refractivity contribution in [2.45, 2.75) is 0 Å². The normalized spacial score (nSPS) is 10.5. The van der Waals surface area contributed by atoms with Gasteiger partial charge in [0, 0.05) is 10.6 Å². The first kappa shape index (κ1) is 16.6. The van der Waals surface area contributed by atoms with E-state index in [0.29, 0.717) is 22.1 Å². The number of carbonyl (C=O) groups is 1. The molecule has 23 heavy (non-hydrogen) atoms. The van der Waals surface area contributed by atoms with Crippen molar-refractivity contribution >= 4 is 23.7 Å². The van der Waals surface area contributed by atoms with Gasteiger partial charge in [-0.15, -0.1) is 0 Å². The number of hydrazone groups is 1. The van der Waals surface area contributed by atoms with Crippen LogP contribution < -0.4 is 14.9 Å². The number of benzene rings is 2. The van der Waals surface area contributed by atoms with Gasteiger partial charge >= 0.3 is 0 Å². The summed E-state index contributed by atoms with van der Waals surface area (Å²) in [6.45, 7) is -0.223. The summed E-state index contributed by atoms with van der Waals surface area (Å²) in [5.41, 5.74) is 2.69. The van der Waals surface area contributed by atoms with Gasteiger partial charge < -0.3 is 14.6 Å². The number of hydrogen-bond acceptors (Lipinski definition) is 5. The number of ether oxygens (including phenoxy) is 2. The molecule has 0 aliphatic rings. The van der Waals surface area contributed by atoms with Crippen LogP contribution >= 0.6 is 11.6 Å². The number of nitrogens with zero attached hydrogens (tertiary/aromatic N) is 1. The van der Waals surface area contributed by atoms with Crippen LogP contribution in [0.4, 0.5) is 0 Å². The number of hydrogen-bond donors (Lipinski definition) is 2. The van der Waals surface area contributed by atoms with Crippen LogP contribution in [0, 0.1) is 0 Å². The fourth-order valence-electron chi connectivity index (χ4n) is 1.72. The van der Waals surface area contributed by atoms with Crippen LogP contribution in [0.3, 0.4) is 0 Å². The summed E-state index contributed by atoms with van der Waals surface area (Å²) in [4.78, 5) is 11.7. The molecule has 0 aliphatic heterocycles. The summed E-state index contributed by atoms with van der Waals surface area (Å²) in [6.07, 6.45) is 1.29. The maximum absolute atomic E-state index is 11.7. The molecule has 120 valence electrons. The predicted octanol–water partition coefficient (Wildman–Crippen LogP) is 2.58. The Morgan fingerprint density at radius 1 is 1.30 bits per heavy atom. The first-order valence-electron chi connectivity index (χ1n) is 6.66.